The molecule has 0 amide bonds. The average molecular weight is 294 g/mol. The van der Waals surface area contributed by atoms with E-state index < -0.39 is 0 Å². The maximum Gasteiger partial charge on any atom is 0.123 e. The molecule has 0 bridgehead atoms. The van der Waals surface area contributed by atoms with Crippen molar-refractivity contribution in [1.29, 1.82) is 0 Å². The Morgan fingerprint density at radius 1 is 1.00 bits per heavy atom. The van der Waals surface area contributed by atoms with Gasteiger partial charge in [0.05, 0.1) is 13.2 Å². The lowest BCUT2D eigenvalue weighted by Gasteiger charge is -2.17. The Morgan fingerprint density at radius 2 is 1.76 bits per heavy atom. The van der Waals surface area contributed by atoms with Crippen molar-refractivity contribution < 1.29 is 9.47 Å². The highest BCUT2D eigenvalue weighted by Gasteiger charge is 2.02. The van der Waals surface area contributed by atoms with Gasteiger partial charge in [-0.3, -0.25) is 0 Å². The van der Waals surface area contributed by atoms with E-state index in [0.29, 0.717) is 13.2 Å². The van der Waals surface area contributed by atoms with E-state index in [4.69, 9.17) is 9.47 Å². The minimum Gasteiger partial charge on any atom is -0.491 e. The van der Waals surface area contributed by atoms with E-state index >= 15 is 0 Å². The fourth-order valence-corrected chi connectivity index (χ4v) is 2.10. The number of nitrogens with zero attached hydrogens (tertiary/aromatic N) is 1. The normalized spacial score (nSPS) is 11.0. The van der Waals surface area contributed by atoms with Crippen molar-refractivity contribution in [1.82, 2.24) is 10.2 Å². The van der Waals surface area contributed by atoms with Gasteiger partial charge in [0, 0.05) is 18.7 Å². The zero-order valence-corrected chi connectivity index (χ0v) is 13.7. The Hall–Kier alpha value is -1.10. The van der Waals surface area contributed by atoms with Crippen LogP contribution in [0.15, 0.2) is 24.3 Å². The molecule has 1 aromatic carbocycles. The van der Waals surface area contributed by atoms with Crippen molar-refractivity contribution >= 4 is 0 Å². The molecule has 0 saturated carbocycles. The van der Waals surface area contributed by atoms with Gasteiger partial charge in [-0.2, -0.15) is 0 Å². The van der Waals surface area contributed by atoms with Crippen molar-refractivity contribution in [3.63, 3.8) is 0 Å². The first-order valence-corrected chi connectivity index (χ1v) is 8.03. The molecule has 1 aromatic rings. The summed E-state index contributed by atoms with van der Waals surface area (Å²) in [6, 6.07) is 8.16. The summed E-state index contributed by atoms with van der Waals surface area (Å²) < 4.78 is 11.4. The highest BCUT2D eigenvalue weighted by Crippen LogP contribution is 2.17. The number of likely N-dealkylation sites (N-methyl/N-ethyl adjacent to an activating group) is 1. The van der Waals surface area contributed by atoms with Crippen LogP contribution in [0.5, 0.6) is 5.75 Å². The van der Waals surface area contributed by atoms with Gasteiger partial charge < -0.3 is 19.7 Å². The number of ether oxygens (including phenoxy) is 2. The molecular weight excluding hydrogens is 264 g/mol. The molecule has 0 spiro atoms. The molecule has 0 heterocycles. The van der Waals surface area contributed by atoms with E-state index in [-0.39, 0.29) is 0 Å². The van der Waals surface area contributed by atoms with Gasteiger partial charge in [-0.25, -0.2) is 0 Å². The van der Waals surface area contributed by atoms with Gasteiger partial charge in [0.15, 0.2) is 0 Å². The summed E-state index contributed by atoms with van der Waals surface area (Å²) in [4.78, 5) is 2.35. The fraction of sp³-hybridized carbons (Fsp3) is 0.647. The van der Waals surface area contributed by atoms with E-state index in [1.165, 1.54) is 5.56 Å². The third-order valence-electron chi connectivity index (χ3n) is 3.47. The molecule has 4 nitrogen and oxygen atoms in total. The molecule has 0 saturated heterocycles. The number of benzene rings is 1. The van der Waals surface area contributed by atoms with Crippen molar-refractivity contribution in [2.75, 3.05) is 46.0 Å². The molecule has 0 unspecified atom stereocenters. The molecule has 0 atom stereocenters. The maximum absolute atomic E-state index is 5.82. The second kappa shape index (κ2) is 11.5. The summed E-state index contributed by atoms with van der Waals surface area (Å²) in [5.74, 6) is 0.950. The number of hydrogen-bond donors (Lipinski definition) is 1. The predicted molar refractivity (Wildman–Crippen MR) is 87.9 cm³/mol. The zero-order valence-electron chi connectivity index (χ0n) is 13.7. The summed E-state index contributed by atoms with van der Waals surface area (Å²) in [7, 11) is 0. The molecule has 1 rings (SSSR count). The summed E-state index contributed by atoms with van der Waals surface area (Å²) in [5, 5.41) is 3.32. The minimum atomic E-state index is 0.599. The Morgan fingerprint density at radius 3 is 2.48 bits per heavy atom. The van der Waals surface area contributed by atoms with Gasteiger partial charge >= 0.3 is 0 Å². The van der Waals surface area contributed by atoms with Gasteiger partial charge in [-0.1, -0.05) is 39.0 Å². The largest absolute Gasteiger partial charge is 0.491 e. The van der Waals surface area contributed by atoms with Crippen LogP contribution in [0.1, 0.15) is 26.3 Å². The SMILES string of the molecule is CCNCc1ccccc1OCCOCCN(CC)CC. The molecule has 0 aliphatic carbocycles. The number of para-hydroxylation sites is 1. The van der Waals surface area contributed by atoms with Crippen LogP contribution >= 0.6 is 0 Å². The van der Waals surface area contributed by atoms with Crippen molar-refractivity contribution in [3.05, 3.63) is 29.8 Å². The quantitative estimate of drug-likeness (QED) is 0.601. The molecular formula is C17H30N2O2. The fourth-order valence-electron chi connectivity index (χ4n) is 2.10. The average Bonchev–Trinajstić information content (AvgIpc) is 2.53. The number of rotatable bonds is 12. The Bertz CT molecular complexity index is 368. The van der Waals surface area contributed by atoms with E-state index in [9.17, 15) is 0 Å². The zero-order chi connectivity index (χ0) is 15.3. The number of hydrogen-bond acceptors (Lipinski definition) is 4. The number of nitrogens with one attached hydrogen (secondary N) is 1. The third-order valence-corrected chi connectivity index (χ3v) is 3.47. The summed E-state index contributed by atoms with van der Waals surface area (Å²) in [6.45, 7) is 13.4. The molecule has 120 valence electrons. The molecule has 21 heavy (non-hydrogen) atoms. The smallest absolute Gasteiger partial charge is 0.123 e. The van der Waals surface area contributed by atoms with Crippen molar-refractivity contribution in [2.45, 2.75) is 27.3 Å². The lowest BCUT2D eigenvalue weighted by atomic mass is 10.2. The van der Waals surface area contributed by atoms with E-state index in [2.05, 4.69) is 37.1 Å². The van der Waals surface area contributed by atoms with Crippen LogP contribution in [0, 0.1) is 0 Å². The second-order valence-corrected chi connectivity index (χ2v) is 4.88. The third kappa shape index (κ3) is 7.46. The Balaban J connectivity index is 2.20. The minimum absolute atomic E-state index is 0.599. The van der Waals surface area contributed by atoms with Gasteiger partial charge in [-0.15, -0.1) is 0 Å². The van der Waals surface area contributed by atoms with Crippen molar-refractivity contribution in [2.24, 2.45) is 0 Å². The van der Waals surface area contributed by atoms with Crippen LogP contribution < -0.4 is 10.1 Å². The molecule has 0 aliphatic rings. The van der Waals surface area contributed by atoms with Crippen LogP contribution in [0.3, 0.4) is 0 Å². The van der Waals surface area contributed by atoms with Crippen LogP contribution in [-0.2, 0) is 11.3 Å². The molecule has 0 radical (unpaired) electrons. The van der Waals surface area contributed by atoms with Gasteiger partial charge in [0.25, 0.3) is 0 Å². The van der Waals surface area contributed by atoms with Gasteiger partial charge in [0.2, 0.25) is 0 Å². The topological polar surface area (TPSA) is 33.7 Å². The summed E-state index contributed by atoms with van der Waals surface area (Å²) in [6.07, 6.45) is 0. The Kier molecular flexibility index (Phi) is 9.87. The predicted octanol–water partition coefficient (Wildman–Crippen LogP) is 2.53. The van der Waals surface area contributed by atoms with E-state index in [1.807, 2.05) is 18.2 Å². The Labute approximate surface area is 129 Å². The first-order valence-electron chi connectivity index (χ1n) is 8.03. The second-order valence-electron chi connectivity index (χ2n) is 4.88. The van der Waals surface area contributed by atoms with E-state index in [1.54, 1.807) is 0 Å². The highest BCUT2D eigenvalue weighted by atomic mass is 16.5. The molecule has 4 heteroatoms. The monoisotopic (exact) mass is 294 g/mol. The van der Waals surface area contributed by atoms with Gasteiger partial charge in [-0.05, 0) is 25.7 Å². The van der Waals surface area contributed by atoms with Crippen LogP contribution in [0.2, 0.25) is 0 Å². The highest BCUT2D eigenvalue weighted by molar-refractivity contribution is 5.33. The summed E-state index contributed by atoms with van der Waals surface area (Å²) in [5.41, 5.74) is 1.20. The van der Waals surface area contributed by atoms with Crippen LogP contribution in [0.4, 0.5) is 0 Å². The molecule has 0 fully saturated rings. The maximum atomic E-state index is 5.82. The summed E-state index contributed by atoms with van der Waals surface area (Å²) >= 11 is 0. The van der Waals surface area contributed by atoms with E-state index in [0.717, 1.165) is 45.1 Å². The lowest BCUT2D eigenvalue weighted by Crippen LogP contribution is -2.27. The van der Waals surface area contributed by atoms with Gasteiger partial charge in [0.1, 0.15) is 12.4 Å². The first kappa shape index (κ1) is 18.0. The van der Waals surface area contributed by atoms with Crippen molar-refractivity contribution in [3.8, 4) is 5.75 Å². The molecule has 1 N–H and O–H groups in total. The lowest BCUT2D eigenvalue weighted by molar-refractivity contribution is 0.0816. The standard InChI is InChI=1S/C17H30N2O2/c1-4-18-15-16-9-7-8-10-17(16)21-14-13-20-12-11-19(5-2)6-3/h7-10,18H,4-6,11-15H2,1-3H3. The molecule has 0 aliphatic heterocycles. The molecule has 0 aromatic heterocycles. The van der Waals surface area contributed by atoms with Crippen LogP contribution in [-0.4, -0.2) is 50.9 Å². The first-order chi connectivity index (χ1) is 10.3. The van der Waals surface area contributed by atoms with Crippen LogP contribution in [0.25, 0.3) is 0 Å².